The molecule has 3 rings (SSSR count). The van der Waals surface area contributed by atoms with Crippen molar-refractivity contribution in [3.05, 3.63) is 63.1 Å². The van der Waals surface area contributed by atoms with Gasteiger partial charge in [-0.3, -0.25) is 0 Å². The summed E-state index contributed by atoms with van der Waals surface area (Å²) >= 11 is 12.2. The van der Waals surface area contributed by atoms with Gasteiger partial charge in [-0.05, 0) is 79.0 Å². The maximum atomic E-state index is 11.7. The lowest BCUT2D eigenvalue weighted by Crippen LogP contribution is -2.30. The molecule has 1 atom stereocenters. The summed E-state index contributed by atoms with van der Waals surface area (Å²) < 4.78 is 31.8. The fourth-order valence-corrected chi connectivity index (χ4v) is 5.23. The van der Waals surface area contributed by atoms with E-state index in [2.05, 4.69) is 16.9 Å². The van der Waals surface area contributed by atoms with Gasteiger partial charge in [-0.15, -0.1) is 0 Å². The fraction of sp³-hybridized carbons (Fsp3) is 0.455. The van der Waals surface area contributed by atoms with Gasteiger partial charge in [-0.25, -0.2) is 13.1 Å². The van der Waals surface area contributed by atoms with Crippen LogP contribution in [0.15, 0.2) is 36.4 Å². The zero-order valence-corrected chi connectivity index (χ0v) is 18.9. The topological polar surface area (TPSA) is 55.4 Å². The average molecular weight is 456 g/mol. The molecule has 1 N–H and O–H groups in total. The highest BCUT2D eigenvalue weighted by molar-refractivity contribution is 7.89. The van der Waals surface area contributed by atoms with Crippen LogP contribution in [0, 0.1) is 0 Å². The van der Waals surface area contributed by atoms with E-state index < -0.39 is 10.0 Å². The molecule has 1 aliphatic carbocycles. The van der Waals surface area contributed by atoms with Gasteiger partial charge in [-0.1, -0.05) is 42.3 Å². The number of benzene rings is 2. The number of aryl methyl sites for hydroxylation is 1. The van der Waals surface area contributed by atoms with Crippen molar-refractivity contribution in [1.29, 1.82) is 0 Å². The first-order valence-electron chi connectivity index (χ1n) is 10.0. The highest BCUT2D eigenvalue weighted by atomic mass is 35.5. The third kappa shape index (κ3) is 6.35. The highest BCUT2D eigenvalue weighted by Gasteiger charge is 2.21. The van der Waals surface area contributed by atoms with Gasteiger partial charge in [0.1, 0.15) is 12.4 Å². The minimum absolute atomic E-state index is 0.141. The summed E-state index contributed by atoms with van der Waals surface area (Å²) in [5, 5.41) is 1.16. The Hall–Kier alpha value is -1.27. The number of hydrogen-bond donors (Lipinski definition) is 1. The third-order valence-electron chi connectivity index (χ3n) is 5.19. The predicted molar refractivity (Wildman–Crippen MR) is 120 cm³/mol. The number of halogens is 2. The van der Waals surface area contributed by atoms with Crippen molar-refractivity contribution in [2.75, 3.05) is 18.9 Å². The minimum atomic E-state index is -3.20. The normalized spacial score (nSPS) is 16.4. The summed E-state index contributed by atoms with van der Waals surface area (Å²) in [6.45, 7) is 2.42. The van der Waals surface area contributed by atoms with E-state index >= 15 is 0 Å². The summed E-state index contributed by atoms with van der Waals surface area (Å²) in [5.41, 5.74) is 3.84. The summed E-state index contributed by atoms with van der Waals surface area (Å²) in [5.74, 6) is 1.32. The molecule has 158 valence electrons. The first-order valence-corrected chi connectivity index (χ1v) is 12.5. The van der Waals surface area contributed by atoms with E-state index in [0.717, 1.165) is 25.0 Å². The van der Waals surface area contributed by atoms with Gasteiger partial charge in [-0.2, -0.15) is 0 Å². The average Bonchev–Trinajstić information content (AvgIpc) is 2.68. The van der Waals surface area contributed by atoms with Crippen LogP contribution in [-0.2, 0) is 22.9 Å². The van der Waals surface area contributed by atoms with Crippen LogP contribution in [0.5, 0.6) is 5.75 Å². The Balaban J connectivity index is 1.64. The van der Waals surface area contributed by atoms with Crippen molar-refractivity contribution < 1.29 is 13.2 Å². The monoisotopic (exact) mass is 455 g/mol. The Bertz CT molecular complexity index is 947. The van der Waals surface area contributed by atoms with Gasteiger partial charge in [0.15, 0.2) is 0 Å². The Morgan fingerprint density at radius 1 is 1.14 bits per heavy atom. The number of hydrogen-bond acceptors (Lipinski definition) is 3. The molecule has 29 heavy (non-hydrogen) atoms. The quantitative estimate of drug-likeness (QED) is 0.517. The lowest BCUT2D eigenvalue weighted by atomic mass is 9.79. The molecular formula is C22H27Cl2NO3S. The van der Waals surface area contributed by atoms with Crippen LogP contribution in [0.4, 0.5) is 0 Å². The first kappa shape index (κ1) is 22.4. The van der Waals surface area contributed by atoms with E-state index in [9.17, 15) is 8.42 Å². The second kappa shape index (κ2) is 10.2. The Morgan fingerprint density at radius 2 is 1.97 bits per heavy atom. The lowest BCUT2D eigenvalue weighted by Gasteiger charge is -2.26. The van der Waals surface area contributed by atoms with Crippen LogP contribution in [0.2, 0.25) is 10.0 Å². The van der Waals surface area contributed by atoms with E-state index in [4.69, 9.17) is 27.9 Å². The van der Waals surface area contributed by atoms with Crippen molar-refractivity contribution in [2.45, 2.75) is 44.9 Å². The number of sulfonamides is 1. The molecule has 0 fully saturated rings. The van der Waals surface area contributed by atoms with Gasteiger partial charge in [0.2, 0.25) is 10.0 Å². The van der Waals surface area contributed by atoms with Crippen LogP contribution in [-0.4, -0.2) is 27.3 Å². The summed E-state index contributed by atoms with van der Waals surface area (Å²) in [4.78, 5) is 0. The largest absolute Gasteiger partial charge is 0.492 e. The molecule has 1 unspecified atom stereocenters. The van der Waals surface area contributed by atoms with E-state index in [1.54, 1.807) is 0 Å². The molecule has 0 radical (unpaired) electrons. The number of nitrogens with one attached hydrogen (secondary N) is 1. The summed E-state index contributed by atoms with van der Waals surface area (Å²) in [7, 11) is -3.20. The molecule has 0 bridgehead atoms. The Kier molecular flexibility index (Phi) is 7.85. The van der Waals surface area contributed by atoms with Crippen molar-refractivity contribution in [3.8, 4) is 5.75 Å². The van der Waals surface area contributed by atoms with Crippen LogP contribution < -0.4 is 9.46 Å². The molecule has 0 amide bonds. The van der Waals surface area contributed by atoms with Gasteiger partial charge in [0, 0.05) is 6.54 Å². The summed E-state index contributed by atoms with van der Waals surface area (Å²) in [6.07, 6.45) is 4.86. The maximum Gasteiger partial charge on any atom is 0.211 e. The Labute approximate surface area is 183 Å². The first-order chi connectivity index (χ1) is 13.9. The highest BCUT2D eigenvalue weighted by Crippen LogP contribution is 2.37. The molecule has 0 aliphatic heterocycles. The molecule has 0 saturated heterocycles. The van der Waals surface area contributed by atoms with Crippen LogP contribution in [0.25, 0.3) is 0 Å². The van der Waals surface area contributed by atoms with Gasteiger partial charge in [0.25, 0.3) is 0 Å². The van der Waals surface area contributed by atoms with Gasteiger partial charge >= 0.3 is 0 Å². The molecule has 0 spiro atoms. The minimum Gasteiger partial charge on any atom is -0.492 e. The van der Waals surface area contributed by atoms with Gasteiger partial charge < -0.3 is 4.74 Å². The van der Waals surface area contributed by atoms with Crippen molar-refractivity contribution in [2.24, 2.45) is 0 Å². The second-order valence-corrected chi connectivity index (χ2v) is 10.2. The number of rotatable bonds is 9. The molecule has 2 aromatic rings. The molecule has 0 aromatic heterocycles. The molecule has 0 heterocycles. The van der Waals surface area contributed by atoms with Crippen molar-refractivity contribution in [1.82, 2.24) is 4.72 Å². The maximum absolute atomic E-state index is 11.7. The number of ether oxygens (including phenoxy) is 1. The SMILES string of the molecule is CCCS(=O)(=O)NCCOc1ccc2c(c1)C(Cc1ccc(Cl)c(Cl)c1)CCC2. The van der Waals surface area contributed by atoms with E-state index in [1.165, 1.54) is 23.1 Å². The molecule has 0 saturated carbocycles. The van der Waals surface area contributed by atoms with E-state index in [0.29, 0.717) is 29.0 Å². The number of fused-ring (bicyclic) bond motifs is 1. The third-order valence-corrected chi connectivity index (χ3v) is 7.52. The van der Waals surface area contributed by atoms with Gasteiger partial charge in [0.05, 0.1) is 15.8 Å². The molecule has 4 nitrogen and oxygen atoms in total. The molecular weight excluding hydrogens is 429 g/mol. The predicted octanol–water partition coefficient (Wildman–Crippen LogP) is 5.36. The van der Waals surface area contributed by atoms with Crippen LogP contribution in [0.3, 0.4) is 0 Å². The van der Waals surface area contributed by atoms with E-state index in [1.807, 2.05) is 31.2 Å². The lowest BCUT2D eigenvalue weighted by molar-refractivity contribution is 0.321. The second-order valence-electron chi connectivity index (χ2n) is 7.46. The van der Waals surface area contributed by atoms with Crippen molar-refractivity contribution >= 4 is 33.2 Å². The zero-order valence-electron chi connectivity index (χ0n) is 16.6. The standard InChI is InChI=1S/C22H27Cl2NO3S/c1-2-12-29(26,27)25-10-11-28-19-8-7-17-4-3-5-18(20(17)15-19)13-16-6-9-21(23)22(24)14-16/h6-9,14-15,18,25H,2-5,10-13H2,1H3. The summed E-state index contributed by atoms with van der Waals surface area (Å²) in [6, 6.07) is 12.0. The molecule has 2 aromatic carbocycles. The zero-order chi connectivity index (χ0) is 20.9. The molecule has 7 heteroatoms. The molecule has 1 aliphatic rings. The van der Waals surface area contributed by atoms with Crippen molar-refractivity contribution in [3.63, 3.8) is 0 Å². The fourth-order valence-electron chi connectivity index (χ4n) is 3.84. The van der Waals surface area contributed by atoms with E-state index in [-0.39, 0.29) is 12.3 Å². The Morgan fingerprint density at radius 3 is 2.72 bits per heavy atom. The van der Waals surface area contributed by atoms with Crippen LogP contribution >= 0.6 is 23.2 Å². The smallest absolute Gasteiger partial charge is 0.211 e. The van der Waals surface area contributed by atoms with Crippen LogP contribution in [0.1, 0.15) is 48.8 Å².